The molecule has 0 atom stereocenters. The molecule has 0 bridgehead atoms. The number of aromatic hydroxyl groups is 1. The number of ether oxygens (including phenoxy) is 1. The van der Waals surface area contributed by atoms with E-state index in [1.54, 1.807) is 12.1 Å². The summed E-state index contributed by atoms with van der Waals surface area (Å²) in [4.78, 5) is 0. The van der Waals surface area contributed by atoms with Gasteiger partial charge < -0.3 is 9.84 Å². The summed E-state index contributed by atoms with van der Waals surface area (Å²) in [5.74, 6) is 1.15. The van der Waals surface area contributed by atoms with Crippen LogP contribution in [0.25, 0.3) is 0 Å². The third-order valence-corrected chi connectivity index (χ3v) is 2.67. The second kappa shape index (κ2) is 5.39. The van der Waals surface area contributed by atoms with Crippen LogP contribution >= 0.6 is 0 Å². The van der Waals surface area contributed by atoms with E-state index >= 15 is 0 Å². The third kappa shape index (κ3) is 3.25. The molecule has 0 aliphatic rings. The van der Waals surface area contributed by atoms with E-state index in [0.717, 1.165) is 17.7 Å². The number of aryl methyl sites for hydroxylation is 1. The lowest BCUT2D eigenvalue weighted by Gasteiger charge is -2.07. The van der Waals surface area contributed by atoms with Gasteiger partial charge in [0.15, 0.2) is 0 Å². The lowest BCUT2D eigenvalue weighted by atomic mass is 10.2. The molecular formula is C15H16O2. The van der Waals surface area contributed by atoms with Gasteiger partial charge in [0.1, 0.15) is 18.1 Å². The zero-order chi connectivity index (χ0) is 12.1. The lowest BCUT2D eigenvalue weighted by Crippen LogP contribution is -1.95. The van der Waals surface area contributed by atoms with Gasteiger partial charge >= 0.3 is 0 Å². The molecule has 17 heavy (non-hydrogen) atoms. The highest BCUT2D eigenvalue weighted by Crippen LogP contribution is 2.15. The molecule has 0 fully saturated rings. The molecule has 0 saturated carbocycles. The van der Waals surface area contributed by atoms with E-state index in [1.807, 2.05) is 24.3 Å². The average Bonchev–Trinajstić information content (AvgIpc) is 2.39. The molecule has 0 aromatic heterocycles. The van der Waals surface area contributed by atoms with Crippen molar-refractivity contribution in [3.63, 3.8) is 0 Å². The zero-order valence-corrected chi connectivity index (χ0v) is 9.89. The second-order valence-electron chi connectivity index (χ2n) is 3.95. The van der Waals surface area contributed by atoms with Gasteiger partial charge in [0.2, 0.25) is 0 Å². The Balaban J connectivity index is 1.95. The Morgan fingerprint density at radius 3 is 2.06 bits per heavy atom. The van der Waals surface area contributed by atoms with Crippen LogP contribution in [0.1, 0.15) is 18.1 Å². The summed E-state index contributed by atoms with van der Waals surface area (Å²) < 4.78 is 5.65. The van der Waals surface area contributed by atoms with Gasteiger partial charge in [0, 0.05) is 0 Å². The quantitative estimate of drug-likeness (QED) is 0.867. The van der Waals surface area contributed by atoms with Crippen molar-refractivity contribution in [2.45, 2.75) is 20.0 Å². The molecule has 2 nitrogen and oxygen atoms in total. The van der Waals surface area contributed by atoms with Crippen LogP contribution in [-0.4, -0.2) is 5.11 Å². The molecule has 0 aliphatic carbocycles. The Bertz CT molecular complexity index is 457. The molecule has 1 N–H and O–H groups in total. The predicted octanol–water partition coefficient (Wildman–Crippen LogP) is 3.53. The van der Waals surface area contributed by atoms with Crippen molar-refractivity contribution in [2.75, 3.05) is 0 Å². The first-order valence-electron chi connectivity index (χ1n) is 5.77. The first kappa shape index (κ1) is 11.5. The van der Waals surface area contributed by atoms with E-state index in [0.29, 0.717) is 6.61 Å². The van der Waals surface area contributed by atoms with Crippen LogP contribution in [0.4, 0.5) is 0 Å². The SMILES string of the molecule is CCc1ccc(OCc2ccc(O)cc2)cc1. The number of benzene rings is 2. The minimum absolute atomic E-state index is 0.279. The fourth-order valence-electron chi connectivity index (χ4n) is 1.58. The molecule has 0 amide bonds. The van der Waals surface area contributed by atoms with Gasteiger partial charge in [-0.05, 0) is 41.8 Å². The normalized spacial score (nSPS) is 10.2. The molecule has 0 unspecified atom stereocenters. The fourth-order valence-corrected chi connectivity index (χ4v) is 1.58. The largest absolute Gasteiger partial charge is 0.508 e. The highest BCUT2D eigenvalue weighted by Gasteiger charge is 1.96. The van der Waals surface area contributed by atoms with Crippen molar-refractivity contribution in [1.29, 1.82) is 0 Å². The molecule has 2 aromatic rings. The van der Waals surface area contributed by atoms with E-state index in [2.05, 4.69) is 19.1 Å². The van der Waals surface area contributed by atoms with Gasteiger partial charge in [-0.25, -0.2) is 0 Å². The summed E-state index contributed by atoms with van der Waals surface area (Å²) in [6.45, 7) is 2.65. The molecule has 0 heterocycles. The summed E-state index contributed by atoms with van der Waals surface area (Å²) in [5, 5.41) is 9.16. The van der Waals surface area contributed by atoms with Gasteiger partial charge in [-0.1, -0.05) is 31.2 Å². The first-order chi connectivity index (χ1) is 8.28. The molecule has 88 valence electrons. The lowest BCUT2D eigenvalue weighted by molar-refractivity contribution is 0.306. The van der Waals surface area contributed by atoms with Gasteiger partial charge in [-0.3, -0.25) is 0 Å². The van der Waals surface area contributed by atoms with Gasteiger partial charge in [0.25, 0.3) is 0 Å². The minimum atomic E-state index is 0.279. The van der Waals surface area contributed by atoms with Crippen LogP contribution in [0, 0.1) is 0 Å². The zero-order valence-electron chi connectivity index (χ0n) is 9.89. The van der Waals surface area contributed by atoms with Gasteiger partial charge in [0.05, 0.1) is 0 Å². The number of hydrogen-bond acceptors (Lipinski definition) is 2. The van der Waals surface area contributed by atoms with Gasteiger partial charge in [-0.2, -0.15) is 0 Å². The third-order valence-electron chi connectivity index (χ3n) is 2.67. The predicted molar refractivity (Wildman–Crippen MR) is 68.3 cm³/mol. The standard InChI is InChI=1S/C15H16O2/c1-2-12-5-9-15(10-6-12)17-11-13-3-7-14(16)8-4-13/h3-10,16H,2,11H2,1H3. The Hall–Kier alpha value is -1.96. The van der Waals surface area contributed by atoms with Crippen molar-refractivity contribution in [3.05, 3.63) is 59.7 Å². The molecule has 0 spiro atoms. The van der Waals surface area contributed by atoms with Crippen molar-refractivity contribution in [3.8, 4) is 11.5 Å². The van der Waals surface area contributed by atoms with Crippen molar-refractivity contribution >= 4 is 0 Å². The summed E-state index contributed by atoms with van der Waals surface area (Å²) in [6.07, 6.45) is 1.04. The average molecular weight is 228 g/mol. The highest BCUT2D eigenvalue weighted by atomic mass is 16.5. The molecule has 0 radical (unpaired) electrons. The highest BCUT2D eigenvalue weighted by molar-refractivity contribution is 5.29. The molecule has 0 aliphatic heterocycles. The van der Waals surface area contributed by atoms with Crippen molar-refractivity contribution in [1.82, 2.24) is 0 Å². The van der Waals surface area contributed by atoms with E-state index in [-0.39, 0.29) is 5.75 Å². The fraction of sp³-hybridized carbons (Fsp3) is 0.200. The Morgan fingerprint density at radius 1 is 0.882 bits per heavy atom. The number of phenols is 1. The maximum absolute atomic E-state index is 9.16. The van der Waals surface area contributed by atoms with E-state index in [9.17, 15) is 0 Å². The van der Waals surface area contributed by atoms with Gasteiger partial charge in [-0.15, -0.1) is 0 Å². The second-order valence-corrected chi connectivity index (χ2v) is 3.95. The smallest absolute Gasteiger partial charge is 0.119 e. The van der Waals surface area contributed by atoms with Crippen LogP contribution in [0.15, 0.2) is 48.5 Å². The number of phenolic OH excluding ortho intramolecular Hbond substituents is 1. The maximum atomic E-state index is 9.16. The van der Waals surface area contributed by atoms with Crippen LogP contribution < -0.4 is 4.74 Å². The molecular weight excluding hydrogens is 212 g/mol. The number of hydrogen-bond donors (Lipinski definition) is 1. The Morgan fingerprint density at radius 2 is 1.47 bits per heavy atom. The van der Waals surface area contributed by atoms with Crippen LogP contribution in [0.2, 0.25) is 0 Å². The van der Waals surface area contributed by atoms with Crippen LogP contribution in [0.5, 0.6) is 11.5 Å². The summed E-state index contributed by atoms with van der Waals surface area (Å²) in [5.41, 5.74) is 2.35. The monoisotopic (exact) mass is 228 g/mol. The van der Waals surface area contributed by atoms with Crippen LogP contribution in [0.3, 0.4) is 0 Å². The van der Waals surface area contributed by atoms with E-state index in [4.69, 9.17) is 9.84 Å². The van der Waals surface area contributed by atoms with E-state index in [1.165, 1.54) is 5.56 Å². The summed E-state index contributed by atoms with van der Waals surface area (Å²) >= 11 is 0. The molecule has 2 rings (SSSR count). The molecule has 2 heteroatoms. The Labute approximate surface area is 101 Å². The topological polar surface area (TPSA) is 29.5 Å². The summed E-state index contributed by atoms with van der Waals surface area (Å²) in [6, 6.07) is 15.2. The molecule has 2 aromatic carbocycles. The minimum Gasteiger partial charge on any atom is -0.508 e. The van der Waals surface area contributed by atoms with Crippen molar-refractivity contribution < 1.29 is 9.84 Å². The van der Waals surface area contributed by atoms with Crippen LogP contribution in [-0.2, 0) is 13.0 Å². The van der Waals surface area contributed by atoms with E-state index < -0.39 is 0 Å². The molecule has 0 saturated heterocycles. The summed E-state index contributed by atoms with van der Waals surface area (Å²) in [7, 11) is 0. The first-order valence-corrected chi connectivity index (χ1v) is 5.77. The Kier molecular flexibility index (Phi) is 3.66. The van der Waals surface area contributed by atoms with Crippen molar-refractivity contribution in [2.24, 2.45) is 0 Å². The maximum Gasteiger partial charge on any atom is 0.119 e. The number of rotatable bonds is 4.